The van der Waals surface area contributed by atoms with Crippen LogP contribution >= 0.6 is 0 Å². The highest BCUT2D eigenvalue weighted by Gasteiger charge is 2.30. The van der Waals surface area contributed by atoms with Crippen LogP contribution < -0.4 is 0 Å². The monoisotopic (exact) mass is 351 g/mol. The van der Waals surface area contributed by atoms with Crippen LogP contribution in [-0.2, 0) is 6.18 Å². The van der Waals surface area contributed by atoms with Gasteiger partial charge in [-0.1, -0.05) is 5.21 Å². The van der Waals surface area contributed by atoms with Gasteiger partial charge in [-0.05, 0) is 48.5 Å². The maximum absolute atomic E-state index is 13.1. The van der Waals surface area contributed by atoms with Gasteiger partial charge in [0.2, 0.25) is 0 Å². The first-order chi connectivity index (χ1) is 11.8. The molecule has 25 heavy (non-hydrogen) atoms. The maximum Gasteiger partial charge on any atom is 0.416 e. The zero-order valence-corrected chi connectivity index (χ0v) is 12.3. The number of hydrogen-bond donors (Lipinski definition) is 1. The largest absolute Gasteiger partial charge is 0.476 e. The van der Waals surface area contributed by atoms with Crippen LogP contribution in [0.3, 0.4) is 0 Å². The standard InChI is InChI=1S/C16H9F4N3O2/c17-11-5-1-9(2-6-11)14-13(15(24)25)21-22-23(14)12-7-3-10(4-8-12)16(18,19)20/h1-8H,(H,24,25). The summed E-state index contributed by atoms with van der Waals surface area (Å²) >= 11 is 0. The third-order valence-electron chi connectivity index (χ3n) is 3.43. The van der Waals surface area contributed by atoms with Crippen LogP contribution in [-0.4, -0.2) is 26.1 Å². The molecule has 1 N–H and O–H groups in total. The Hall–Kier alpha value is -3.23. The van der Waals surface area contributed by atoms with Gasteiger partial charge in [0.05, 0.1) is 11.3 Å². The van der Waals surface area contributed by atoms with Crippen molar-refractivity contribution in [1.29, 1.82) is 0 Å². The summed E-state index contributed by atoms with van der Waals surface area (Å²) in [4.78, 5) is 11.4. The Morgan fingerprint density at radius 1 is 1.00 bits per heavy atom. The molecule has 0 saturated carbocycles. The van der Waals surface area contributed by atoms with Gasteiger partial charge in [-0.2, -0.15) is 13.2 Å². The first-order valence-corrected chi connectivity index (χ1v) is 6.90. The summed E-state index contributed by atoms with van der Waals surface area (Å²) in [7, 11) is 0. The third kappa shape index (κ3) is 3.21. The number of rotatable bonds is 3. The van der Waals surface area contributed by atoms with Gasteiger partial charge in [0, 0.05) is 5.56 Å². The van der Waals surface area contributed by atoms with E-state index in [9.17, 15) is 27.5 Å². The molecule has 0 saturated heterocycles. The van der Waals surface area contributed by atoms with Gasteiger partial charge in [-0.15, -0.1) is 5.10 Å². The molecule has 5 nitrogen and oxygen atoms in total. The number of benzene rings is 2. The van der Waals surface area contributed by atoms with Gasteiger partial charge < -0.3 is 5.11 Å². The molecule has 0 aliphatic heterocycles. The lowest BCUT2D eigenvalue weighted by Crippen LogP contribution is -2.06. The molecule has 0 amide bonds. The second-order valence-corrected chi connectivity index (χ2v) is 5.06. The highest BCUT2D eigenvalue weighted by atomic mass is 19.4. The van der Waals surface area contributed by atoms with Crippen LogP contribution in [0.2, 0.25) is 0 Å². The van der Waals surface area contributed by atoms with E-state index in [-0.39, 0.29) is 11.4 Å². The molecular formula is C16H9F4N3O2. The van der Waals surface area contributed by atoms with E-state index >= 15 is 0 Å². The van der Waals surface area contributed by atoms with E-state index in [1.807, 2.05) is 0 Å². The number of carbonyl (C=O) groups is 1. The molecule has 1 aromatic heterocycles. The molecule has 9 heteroatoms. The third-order valence-corrected chi connectivity index (χ3v) is 3.43. The molecule has 1 heterocycles. The zero-order chi connectivity index (χ0) is 18.2. The summed E-state index contributed by atoms with van der Waals surface area (Å²) in [5, 5.41) is 16.5. The topological polar surface area (TPSA) is 68.0 Å². The summed E-state index contributed by atoms with van der Waals surface area (Å²) in [6.07, 6.45) is -4.49. The summed E-state index contributed by atoms with van der Waals surface area (Å²) < 4.78 is 52.2. The normalized spacial score (nSPS) is 11.5. The molecule has 0 fully saturated rings. The van der Waals surface area contributed by atoms with Gasteiger partial charge in [0.1, 0.15) is 11.5 Å². The Morgan fingerprint density at radius 2 is 1.60 bits per heavy atom. The first kappa shape index (κ1) is 16.6. The second-order valence-electron chi connectivity index (χ2n) is 5.06. The summed E-state index contributed by atoms with van der Waals surface area (Å²) in [6, 6.07) is 8.93. The number of nitrogens with zero attached hydrogens (tertiary/aromatic N) is 3. The van der Waals surface area contributed by atoms with Crippen molar-refractivity contribution in [2.45, 2.75) is 6.18 Å². The number of carboxylic acids is 1. The smallest absolute Gasteiger partial charge is 0.416 e. The van der Waals surface area contributed by atoms with E-state index in [1.54, 1.807) is 0 Å². The molecule has 3 rings (SSSR count). The lowest BCUT2D eigenvalue weighted by Gasteiger charge is -2.10. The van der Waals surface area contributed by atoms with E-state index in [1.165, 1.54) is 12.1 Å². The fourth-order valence-corrected chi connectivity index (χ4v) is 2.27. The van der Waals surface area contributed by atoms with Crippen LogP contribution in [0.15, 0.2) is 48.5 Å². The Balaban J connectivity index is 2.14. The van der Waals surface area contributed by atoms with Crippen LogP contribution in [0.4, 0.5) is 17.6 Å². The van der Waals surface area contributed by atoms with Crippen LogP contribution in [0.5, 0.6) is 0 Å². The lowest BCUT2D eigenvalue weighted by atomic mass is 10.1. The molecule has 2 aromatic carbocycles. The Bertz CT molecular complexity index is 916. The van der Waals surface area contributed by atoms with Crippen LogP contribution in [0.25, 0.3) is 16.9 Å². The van der Waals surface area contributed by atoms with Crippen LogP contribution in [0, 0.1) is 5.82 Å². The Morgan fingerprint density at radius 3 is 2.12 bits per heavy atom. The van der Waals surface area contributed by atoms with E-state index in [4.69, 9.17) is 0 Å². The molecule has 0 spiro atoms. The van der Waals surface area contributed by atoms with Crippen molar-refractivity contribution in [1.82, 2.24) is 15.0 Å². The minimum Gasteiger partial charge on any atom is -0.476 e. The predicted molar refractivity (Wildman–Crippen MR) is 78.7 cm³/mol. The summed E-state index contributed by atoms with van der Waals surface area (Å²) in [5.41, 5.74) is -0.715. The van der Waals surface area contributed by atoms with Crippen molar-refractivity contribution >= 4 is 5.97 Å². The van der Waals surface area contributed by atoms with Crippen LogP contribution in [0.1, 0.15) is 16.1 Å². The highest BCUT2D eigenvalue weighted by Crippen LogP contribution is 2.31. The summed E-state index contributed by atoms with van der Waals surface area (Å²) in [6.45, 7) is 0. The fourth-order valence-electron chi connectivity index (χ4n) is 2.27. The maximum atomic E-state index is 13.1. The lowest BCUT2D eigenvalue weighted by molar-refractivity contribution is -0.137. The molecule has 128 valence electrons. The SMILES string of the molecule is O=C(O)c1nnn(-c2ccc(C(F)(F)F)cc2)c1-c1ccc(F)cc1. The highest BCUT2D eigenvalue weighted by molar-refractivity contribution is 5.93. The Labute approximate surface area is 138 Å². The first-order valence-electron chi connectivity index (χ1n) is 6.90. The van der Waals surface area contributed by atoms with Gasteiger partial charge in [0.15, 0.2) is 5.69 Å². The second kappa shape index (κ2) is 6.00. The zero-order valence-electron chi connectivity index (χ0n) is 12.3. The van der Waals surface area contributed by atoms with Gasteiger partial charge in [0.25, 0.3) is 0 Å². The number of halogens is 4. The molecular weight excluding hydrogens is 342 g/mol. The van der Waals surface area contributed by atoms with E-state index in [0.717, 1.165) is 41.1 Å². The fraction of sp³-hybridized carbons (Fsp3) is 0.0625. The number of aromatic carboxylic acids is 1. The number of carboxylic acid groups (broad SMARTS) is 1. The minimum absolute atomic E-state index is 0.0345. The van der Waals surface area contributed by atoms with Crippen molar-refractivity contribution in [2.75, 3.05) is 0 Å². The molecule has 0 radical (unpaired) electrons. The number of alkyl halides is 3. The van der Waals surface area contributed by atoms with E-state index in [0.29, 0.717) is 5.56 Å². The summed E-state index contributed by atoms with van der Waals surface area (Å²) in [5.74, 6) is -1.88. The number of aromatic nitrogens is 3. The molecule has 0 aliphatic carbocycles. The predicted octanol–water partition coefficient (Wildman–Crippen LogP) is 3.79. The van der Waals surface area contributed by atoms with Crippen molar-refractivity contribution < 1.29 is 27.5 Å². The van der Waals surface area contributed by atoms with E-state index < -0.39 is 29.2 Å². The van der Waals surface area contributed by atoms with Gasteiger partial charge in [-0.25, -0.2) is 13.9 Å². The number of hydrogen-bond acceptors (Lipinski definition) is 3. The molecule has 0 atom stereocenters. The van der Waals surface area contributed by atoms with E-state index in [2.05, 4.69) is 10.3 Å². The molecule has 0 bridgehead atoms. The molecule has 3 aromatic rings. The average Bonchev–Trinajstić information content (AvgIpc) is 3.00. The Kier molecular flexibility index (Phi) is 3.99. The van der Waals surface area contributed by atoms with Crippen molar-refractivity contribution in [3.05, 3.63) is 65.6 Å². The minimum atomic E-state index is -4.49. The molecule has 0 unspecified atom stereocenters. The van der Waals surface area contributed by atoms with Gasteiger partial charge >= 0.3 is 12.1 Å². The van der Waals surface area contributed by atoms with Crippen molar-refractivity contribution in [3.63, 3.8) is 0 Å². The molecule has 0 aliphatic rings. The van der Waals surface area contributed by atoms with Crippen molar-refractivity contribution in [3.8, 4) is 16.9 Å². The quantitative estimate of drug-likeness (QED) is 0.729. The van der Waals surface area contributed by atoms with Crippen molar-refractivity contribution in [2.24, 2.45) is 0 Å². The average molecular weight is 351 g/mol. The van der Waals surface area contributed by atoms with Gasteiger partial charge in [-0.3, -0.25) is 0 Å².